The second kappa shape index (κ2) is 11.0. The summed E-state index contributed by atoms with van der Waals surface area (Å²) in [6, 6.07) is 17.2. The highest BCUT2D eigenvalue weighted by Gasteiger charge is 2.16. The highest BCUT2D eigenvalue weighted by molar-refractivity contribution is 6.30. The molecule has 24 heavy (non-hydrogen) atoms. The fraction of sp³-hybridized carbons (Fsp3) is 0.278. The van der Waals surface area contributed by atoms with E-state index in [0.717, 1.165) is 11.1 Å². The lowest BCUT2D eigenvalue weighted by molar-refractivity contribution is -0.120. The molecule has 130 valence electrons. The summed E-state index contributed by atoms with van der Waals surface area (Å²) in [5.41, 5.74) is 2.02. The minimum absolute atomic E-state index is 0. The average Bonchev–Trinajstić information content (AvgIpc) is 2.58. The van der Waals surface area contributed by atoms with Gasteiger partial charge in [-0.25, -0.2) is 0 Å². The number of benzene rings is 2. The van der Waals surface area contributed by atoms with Crippen molar-refractivity contribution in [3.05, 3.63) is 70.7 Å². The van der Waals surface area contributed by atoms with Crippen molar-refractivity contribution in [2.24, 2.45) is 0 Å². The number of amides is 1. The number of ether oxygens (including phenoxy) is 1. The molecule has 0 aliphatic rings. The lowest BCUT2D eigenvalue weighted by Gasteiger charge is -2.20. The minimum Gasteiger partial charge on any atom is -0.383 e. The molecule has 0 spiro atoms. The molecule has 0 bridgehead atoms. The molecule has 0 saturated carbocycles. The van der Waals surface area contributed by atoms with Crippen LogP contribution in [0.1, 0.15) is 17.2 Å². The van der Waals surface area contributed by atoms with E-state index in [-0.39, 0.29) is 30.9 Å². The quantitative estimate of drug-likeness (QED) is 0.703. The van der Waals surface area contributed by atoms with E-state index in [1.54, 1.807) is 7.11 Å². The maximum absolute atomic E-state index is 12.2. The van der Waals surface area contributed by atoms with Crippen molar-refractivity contribution in [3.8, 4) is 0 Å². The van der Waals surface area contributed by atoms with Gasteiger partial charge >= 0.3 is 0 Å². The topological polar surface area (TPSA) is 50.4 Å². The molecular weight excluding hydrogens is 347 g/mol. The van der Waals surface area contributed by atoms with Gasteiger partial charge in [-0.05, 0) is 23.3 Å². The Morgan fingerprint density at radius 1 is 1.08 bits per heavy atom. The standard InChI is InChI=1S/C18H21ClN2O2.ClH/c1-23-12-11-20-13-17(22)21-18(14-5-3-2-4-6-14)15-7-9-16(19)10-8-15;/h2-10,18,20H,11-13H2,1H3,(H,21,22);1H. The molecule has 6 heteroatoms. The third-order valence-corrected chi connectivity index (χ3v) is 3.66. The first kappa shape index (κ1) is 20.5. The molecule has 0 aliphatic carbocycles. The maximum Gasteiger partial charge on any atom is 0.234 e. The Balaban J connectivity index is 0.00000288. The van der Waals surface area contributed by atoms with Crippen molar-refractivity contribution < 1.29 is 9.53 Å². The van der Waals surface area contributed by atoms with Gasteiger partial charge in [0.05, 0.1) is 19.2 Å². The zero-order valence-corrected chi connectivity index (χ0v) is 15.1. The second-order valence-electron chi connectivity index (χ2n) is 5.13. The van der Waals surface area contributed by atoms with Crippen LogP contribution in [-0.2, 0) is 9.53 Å². The van der Waals surface area contributed by atoms with E-state index >= 15 is 0 Å². The Kier molecular flexibility index (Phi) is 9.42. The zero-order valence-electron chi connectivity index (χ0n) is 13.5. The predicted octanol–water partition coefficient (Wildman–Crippen LogP) is 3.20. The van der Waals surface area contributed by atoms with E-state index in [4.69, 9.17) is 16.3 Å². The molecule has 0 heterocycles. The highest BCUT2D eigenvalue weighted by atomic mass is 35.5. The summed E-state index contributed by atoms with van der Waals surface area (Å²) in [5, 5.41) is 6.78. The summed E-state index contributed by atoms with van der Waals surface area (Å²) < 4.78 is 4.95. The Hall–Kier alpha value is -1.59. The van der Waals surface area contributed by atoms with Crippen LogP contribution in [0.5, 0.6) is 0 Å². The van der Waals surface area contributed by atoms with Crippen LogP contribution in [-0.4, -0.2) is 32.7 Å². The van der Waals surface area contributed by atoms with Crippen LogP contribution in [0.3, 0.4) is 0 Å². The molecule has 2 N–H and O–H groups in total. The first-order valence-corrected chi connectivity index (χ1v) is 7.88. The molecule has 1 atom stereocenters. The Bertz CT molecular complexity index is 606. The average molecular weight is 369 g/mol. The van der Waals surface area contributed by atoms with Gasteiger partial charge in [0.25, 0.3) is 0 Å². The Morgan fingerprint density at radius 2 is 1.71 bits per heavy atom. The number of halogens is 2. The molecule has 2 rings (SSSR count). The number of nitrogens with one attached hydrogen (secondary N) is 2. The molecule has 1 unspecified atom stereocenters. The van der Waals surface area contributed by atoms with Crippen LogP contribution in [0.15, 0.2) is 54.6 Å². The molecule has 0 aromatic heterocycles. The van der Waals surface area contributed by atoms with Crippen LogP contribution >= 0.6 is 24.0 Å². The normalized spacial score (nSPS) is 11.4. The van der Waals surface area contributed by atoms with Crippen LogP contribution in [0.4, 0.5) is 0 Å². The number of carbonyl (C=O) groups is 1. The summed E-state index contributed by atoms with van der Waals surface area (Å²) >= 11 is 5.96. The van der Waals surface area contributed by atoms with Gasteiger partial charge in [0.1, 0.15) is 0 Å². The van der Waals surface area contributed by atoms with E-state index in [0.29, 0.717) is 18.2 Å². The molecule has 1 amide bonds. The first-order valence-electron chi connectivity index (χ1n) is 7.50. The third-order valence-electron chi connectivity index (χ3n) is 3.41. The van der Waals surface area contributed by atoms with Crippen molar-refractivity contribution in [2.45, 2.75) is 6.04 Å². The first-order chi connectivity index (χ1) is 11.2. The summed E-state index contributed by atoms with van der Waals surface area (Å²) in [7, 11) is 1.63. The minimum atomic E-state index is -0.204. The van der Waals surface area contributed by atoms with E-state index in [2.05, 4.69) is 10.6 Å². The number of hydrogen-bond acceptors (Lipinski definition) is 3. The molecule has 0 saturated heterocycles. The van der Waals surface area contributed by atoms with Crippen molar-refractivity contribution in [2.75, 3.05) is 26.8 Å². The lowest BCUT2D eigenvalue weighted by Crippen LogP contribution is -2.37. The largest absolute Gasteiger partial charge is 0.383 e. The predicted molar refractivity (Wildman–Crippen MR) is 99.9 cm³/mol. The van der Waals surface area contributed by atoms with Gasteiger partial charge in [0.15, 0.2) is 0 Å². The molecule has 0 radical (unpaired) electrons. The molecule has 4 nitrogen and oxygen atoms in total. The maximum atomic E-state index is 12.2. The molecule has 0 fully saturated rings. The van der Waals surface area contributed by atoms with Gasteiger partial charge in [-0.3, -0.25) is 4.79 Å². The summed E-state index contributed by atoms with van der Waals surface area (Å²) in [6.07, 6.45) is 0. The SMILES string of the molecule is COCCNCC(=O)NC(c1ccccc1)c1ccc(Cl)cc1.Cl. The fourth-order valence-electron chi connectivity index (χ4n) is 2.25. The Morgan fingerprint density at radius 3 is 2.33 bits per heavy atom. The van der Waals surface area contributed by atoms with Gasteiger partial charge in [-0.1, -0.05) is 54.1 Å². The third kappa shape index (κ3) is 6.49. The lowest BCUT2D eigenvalue weighted by atomic mass is 9.99. The zero-order chi connectivity index (χ0) is 16.5. The van der Waals surface area contributed by atoms with Gasteiger partial charge < -0.3 is 15.4 Å². The van der Waals surface area contributed by atoms with Crippen molar-refractivity contribution >= 4 is 29.9 Å². The molecule has 0 aliphatic heterocycles. The highest BCUT2D eigenvalue weighted by Crippen LogP contribution is 2.23. The summed E-state index contributed by atoms with van der Waals surface area (Å²) in [4.78, 5) is 12.2. The van der Waals surface area contributed by atoms with E-state index in [1.165, 1.54) is 0 Å². The smallest absolute Gasteiger partial charge is 0.234 e. The van der Waals surface area contributed by atoms with Gasteiger partial charge in [-0.2, -0.15) is 0 Å². The summed E-state index contributed by atoms with van der Waals surface area (Å²) in [5.74, 6) is -0.0649. The fourth-order valence-corrected chi connectivity index (χ4v) is 2.37. The van der Waals surface area contributed by atoms with Gasteiger partial charge in [0, 0.05) is 18.7 Å². The monoisotopic (exact) mass is 368 g/mol. The number of rotatable bonds is 8. The summed E-state index contributed by atoms with van der Waals surface area (Å²) in [6.45, 7) is 1.47. The molecular formula is C18H22Cl2N2O2. The van der Waals surface area contributed by atoms with Gasteiger partial charge in [-0.15, -0.1) is 12.4 Å². The van der Waals surface area contributed by atoms with Crippen LogP contribution < -0.4 is 10.6 Å². The molecule has 2 aromatic rings. The van der Waals surface area contributed by atoms with E-state index in [1.807, 2.05) is 54.6 Å². The van der Waals surface area contributed by atoms with Crippen LogP contribution in [0.2, 0.25) is 5.02 Å². The van der Waals surface area contributed by atoms with Crippen molar-refractivity contribution in [3.63, 3.8) is 0 Å². The number of hydrogen-bond donors (Lipinski definition) is 2. The van der Waals surface area contributed by atoms with Crippen molar-refractivity contribution in [1.82, 2.24) is 10.6 Å². The van der Waals surface area contributed by atoms with E-state index in [9.17, 15) is 4.79 Å². The Labute approximate surface area is 154 Å². The van der Waals surface area contributed by atoms with Crippen molar-refractivity contribution in [1.29, 1.82) is 0 Å². The molecule has 2 aromatic carbocycles. The van der Waals surface area contributed by atoms with E-state index < -0.39 is 0 Å². The van der Waals surface area contributed by atoms with Gasteiger partial charge in [0.2, 0.25) is 5.91 Å². The number of carbonyl (C=O) groups excluding carboxylic acids is 1. The second-order valence-corrected chi connectivity index (χ2v) is 5.57. The number of methoxy groups -OCH3 is 1. The van der Waals surface area contributed by atoms with Crippen LogP contribution in [0.25, 0.3) is 0 Å². The van der Waals surface area contributed by atoms with Crippen LogP contribution in [0, 0.1) is 0 Å².